The summed E-state index contributed by atoms with van der Waals surface area (Å²) in [6.07, 6.45) is 3.60. The average Bonchev–Trinajstić information content (AvgIpc) is 2.37. The first kappa shape index (κ1) is 13.9. The molecule has 0 aromatic carbocycles. The van der Waals surface area contributed by atoms with E-state index in [0.717, 1.165) is 24.3 Å². The van der Waals surface area contributed by atoms with E-state index < -0.39 is 0 Å². The van der Waals surface area contributed by atoms with E-state index in [-0.39, 0.29) is 12.1 Å². The molecule has 4 heteroatoms. The normalized spacial score (nSPS) is 14.4. The van der Waals surface area contributed by atoms with E-state index in [0.29, 0.717) is 6.61 Å². The van der Waals surface area contributed by atoms with E-state index in [9.17, 15) is 0 Å². The van der Waals surface area contributed by atoms with E-state index in [1.165, 1.54) is 0 Å². The second kappa shape index (κ2) is 7.25. The molecule has 1 aromatic heterocycles. The Morgan fingerprint density at radius 1 is 1.41 bits per heavy atom. The molecular weight excluding hydrogens is 216 g/mol. The number of nitrogens with two attached hydrogens (primary N) is 1. The summed E-state index contributed by atoms with van der Waals surface area (Å²) in [5, 5.41) is 0. The van der Waals surface area contributed by atoms with Gasteiger partial charge in [-0.2, -0.15) is 0 Å². The van der Waals surface area contributed by atoms with Gasteiger partial charge in [-0.15, -0.1) is 0 Å². The topological polar surface area (TPSA) is 57.4 Å². The molecule has 0 bridgehead atoms. The van der Waals surface area contributed by atoms with Gasteiger partial charge in [0.2, 0.25) is 0 Å². The van der Waals surface area contributed by atoms with Gasteiger partial charge in [0, 0.05) is 25.3 Å². The van der Waals surface area contributed by atoms with Gasteiger partial charge in [0.1, 0.15) is 12.4 Å². The molecule has 0 amide bonds. The molecule has 0 saturated heterocycles. The lowest BCUT2D eigenvalue weighted by Gasteiger charge is -2.12. The fourth-order valence-corrected chi connectivity index (χ4v) is 1.31. The number of methoxy groups -OCH3 is 1. The van der Waals surface area contributed by atoms with Gasteiger partial charge in [-0.05, 0) is 25.5 Å². The van der Waals surface area contributed by atoms with Crippen LogP contribution >= 0.6 is 0 Å². The molecule has 0 aliphatic heterocycles. The van der Waals surface area contributed by atoms with Crippen LogP contribution in [0.25, 0.3) is 0 Å². The Hall–Kier alpha value is -1.13. The molecule has 1 heterocycles. The van der Waals surface area contributed by atoms with Gasteiger partial charge < -0.3 is 15.2 Å². The lowest BCUT2D eigenvalue weighted by Crippen LogP contribution is -2.21. The van der Waals surface area contributed by atoms with E-state index in [1.807, 2.05) is 19.1 Å². The predicted molar refractivity (Wildman–Crippen MR) is 68.2 cm³/mol. The van der Waals surface area contributed by atoms with Crippen molar-refractivity contribution in [1.82, 2.24) is 4.98 Å². The highest BCUT2D eigenvalue weighted by atomic mass is 16.5. The van der Waals surface area contributed by atoms with Crippen molar-refractivity contribution in [1.29, 1.82) is 0 Å². The Bertz CT molecular complexity index is 314. The van der Waals surface area contributed by atoms with Gasteiger partial charge in [0.25, 0.3) is 0 Å². The van der Waals surface area contributed by atoms with Crippen molar-refractivity contribution in [3.05, 3.63) is 24.0 Å². The molecule has 1 rings (SSSR count). The third kappa shape index (κ3) is 5.15. The summed E-state index contributed by atoms with van der Waals surface area (Å²) in [6.45, 7) is 4.57. The number of rotatable bonds is 7. The van der Waals surface area contributed by atoms with Gasteiger partial charge in [0.05, 0.1) is 12.3 Å². The van der Waals surface area contributed by atoms with Crippen LogP contribution in [0.2, 0.25) is 0 Å². The number of pyridine rings is 1. The van der Waals surface area contributed by atoms with Crippen LogP contribution in [0.15, 0.2) is 18.3 Å². The third-order valence-corrected chi connectivity index (χ3v) is 2.68. The van der Waals surface area contributed by atoms with Crippen molar-refractivity contribution >= 4 is 0 Å². The number of ether oxygens (including phenoxy) is 2. The number of aromatic nitrogens is 1. The van der Waals surface area contributed by atoms with Crippen LogP contribution in [0.3, 0.4) is 0 Å². The maximum absolute atomic E-state index is 5.87. The minimum absolute atomic E-state index is 0.0863. The summed E-state index contributed by atoms with van der Waals surface area (Å²) in [5.41, 5.74) is 6.88. The smallest absolute Gasteiger partial charge is 0.137 e. The molecule has 0 spiro atoms. The zero-order valence-corrected chi connectivity index (χ0v) is 10.8. The standard InChI is InChI=1S/C13H22N2O2/c1-4-11(14)7-12-5-6-13(8-15-12)17-9-10(2)16-3/h5-6,8,10-11H,4,7,9,14H2,1-3H3. The van der Waals surface area contributed by atoms with Crippen molar-refractivity contribution in [2.24, 2.45) is 5.73 Å². The highest BCUT2D eigenvalue weighted by Crippen LogP contribution is 2.11. The number of hydrogen-bond acceptors (Lipinski definition) is 4. The van der Waals surface area contributed by atoms with E-state index >= 15 is 0 Å². The van der Waals surface area contributed by atoms with Crippen molar-refractivity contribution in [2.45, 2.75) is 38.8 Å². The molecule has 4 nitrogen and oxygen atoms in total. The Labute approximate surface area is 103 Å². The Kier molecular flexibility index (Phi) is 5.94. The lowest BCUT2D eigenvalue weighted by atomic mass is 10.1. The Morgan fingerprint density at radius 2 is 2.18 bits per heavy atom. The van der Waals surface area contributed by atoms with Crippen LogP contribution in [-0.2, 0) is 11.2 Å². The van der Waals surface area contributed by atoms with E-state index in [1.54, 1.807) is 13.3 Å². The summed E-state index contributed by atoms with van der Waals surface area (Å²) in [7, 11) is 1.67. The van der Waals surface area contributed by atoms with Gasteiger partial charge in [-0.3, -0.25) is 4.98 Å². The second-order valence-corrected chi connectivity index (χ2v) is 4.22. The molecule has 0 fully saturated rings. The SMILES string of the molecule is CCC(N)Cc1ccc(OCC(C)OC)cn1. The van der Waals surface area contributed by atoms with E-state index in [2.05, 4.69) is 11.9 Å². The molecule has 0 radical (unpaired) electrons. The lowest BCUT2D eigenvalue weighted by molar-refractivity contribution is 0.0715. The number of nitrogens with zero attached hydrogens (tertiary/aromatic N) is 1. The Morgan fingerprint density at radius 3 is 2.71 bits per heavy atom. The van der Waals surface area contributed by atoms with Crippen LogP contribution in [0.5, 0.6) is 5.75 Å². The van der Waals surface area contributed by atoms with Crippen molar-refractivity contribution < 1.29 is 9.47 Å². The molecule has 2 unspecified atom stereocenters. The second-order valence-electron chi connectivity index (χ2n) is 4.22. The first-order valence-corrected chi connectivity index (χ1v) is 6.01. The summed E-state index contributed by atoms with van der Waals surface area (Å²) in [6, 6.07) is 4.07. The van der Waals surface area contributed by atoms with Crippen LogP contribution in [0, 0.1) is 0 Å². The third-order valence-electron chi connectivity index (χ3n) is 2.68. The van der Waals surface area contributed by atoms with Crippen molar-refractivity contribution in [2.75, 3.05) is 13.7 Å². The molecule has 0 saturated carbocycles. The van der Waals surface area contributed by atoms with Crippen LogP contribution < -0.4 is 10.5 Å². The van der Waals surface area contributed by atoms with Crippen molar-refractivity contribution in [3.63, 3.8) is 0 Å². The van der Waals surface area contributed by atoms with Crippen LogP contribution in [-0.4, -0.2) is 30.8 Å². The summed E-state index contributed by atoms with van der Waals surface area (Å²) >= 11 is 0. The minimum Gasteiger partial charge on any atom is -0.489 e. The zero-order valence-electron chi connectivity index (χ0n) is 10.8. The molecule has 96 valence electrons. The molecule has 1 aromatic rings. The maximum atomic E-state index is 5.87. The first-order chi connectivity index (χ1) is 8.15. The largest absolute Gasteiger partial charge is 0.489 e. The van der Waals surface area contributed by atoms with Gasteiger partial charge in [-0.25, -0.2) is 0 Å². The predicted octanol–water partition coefficient (Wildman–Crippen LogP) is 1.78. The highest BCUT2D eigenvalue weighted by Gasteiger charge is 2.04. The molecule has 0 aliphatic rings. The quantitative estimate of drug-likeness (QED) is 0.786. The molecule has 2 atom stereocenters. The number of hydrogen-bond donors (Lipinski definition) is 1. The molecule has 17 heavy (non-hydrogen) atoms. The monoisotopic (exact) mass is 238 g/mol. The minimum atomic E-state index is 0.0863. The average molecular weight is 238 g/mol. The van der Waals surface area contributed by atoms with Crippen LogP contribution in [0.4, 0.5) is 0 Å². The fraction of sp³-hybridized carbons (Fsp3) is 0.615. The van der Waals surface area contributed by atoms with Gasteiger partial charge >= 0.3 is 0 Å². The van der Waals surface area contributed by atoms with Gasteiger partial charge in [-0.1, -0.05) is 6.92 Å². The maximum Gasteiger partial charge on any atom is 0.137 e. The van der Waals surface area contributed by atoms with Crippen LogP contribution in [0.1, 0.15) is 26.0 Å². The Balaban J connectivity index is 2.44. The molecular formula is C13H22N2O2. The summed E-state index contributed by atoms with van der Waals surface area (Å²) in [5.74, 6) is 0.766. The zero-order chi connectivity index (χ0) is 12.7. The fourth-order valence-electron chi connectivity index (χ4n) is 1.31. The van der Waals surface area contributed by atoms with E-state index in [4.69, 9.17) is 15.2 Å². The van der Waals surface area contributed by atoms with Gasteiger partial charge in [0.15, 0.2) is 0 Å². The molecule has 2 N–H and O–H groups in total. The first-order valence-electron chi connectivity index (χ1n) is 6.01. The van der Waals surface area contributed by atoms with Crippen molar-refractivity contribution in [3.8, 4) is 5.75 Å². The summed E-state index contributed by atoms with van der Waals surface area (Å²) in [4.78, 5) is 4.32. The summed E-state index contributed by atoms with van der Waals surface area (Å²) < 4.78 is 10.6. The highest BCUT2D eigenvalue weighted by molar-refractivity contribution is 5.20. The molecule has 0 aliphatic carbocycles.